The molecule has 2 rings (SSSR count). The Kier molecular flexibility index (Phi) is 5.46. The van der Waals surface area contributed by atoms with Crippen LogP contribution in [0.1, 0.15) is 31.4 Å². The lowest BCUT2D eigenvalue weighted by molar-refractivity contribution is -0.384. The smallest absolute Gasteiger partial charge is 0.269 e. The van der Waals surface area contributed by atoms with Gasteiger partial charge in [-0.05, 0) is 12.0 Å². The van der Waals surface area contributed by atoms with Crippen molar-refractivity contribution in [3.63, 3.8) is 0 Å². The van der Waals surface area contributed by atoms with Gasteiger partial charge >= 0.3 is 0 Å². The van der Waals surface area contributed by atoms with Crippen LogP contribution < -0.4 is 5.43 Å². The zero-order valence-corrected chi connectivity index (χ0v) is 11.7. The van der Waals surface area contributed by atoms with Crippen molar-refractivity contribution in [3.05, 3.63) is 39.9 Å². The number of nitro benzene ring substituents is 1. The summed E-state index contributed by atoms with van der Waals surface area (Å²) in [7, 11) is 0. The quantitative estimate of drug-likeness (QED) is 0.639. The molecule has 110 valence electrons. The second-order valence-electron chi connectivity index (χ2n) is 4.92. The number of morpholine rings is 1. The first-order valence-corrected chi connectivity index (χ1v) is 7.04. The average Bonchev–Trinajstić information content (AvgIpc) is 2.48. The van der Waals surface area contributed by atoms with Gasteiger partial charge in [-0.2, -0.15) is 0 Å². The summed E-state index contributed by atoms with van der Waals surface area (Å²) in [5.74, 6) is 0. The van der Waals surface area contributed by atoms with Crippen molar-refractivity contribution in [2.45, 2.75) is 25.8 Å². The normalized spacial score (nSPS) is 17.9. The Balaban J connectivity index is 2.10. The van der Waals surface area contributed by atoms with Crippen molar-refractivity contribution in [1.29, 1.82) is 0 Å². The third kappa shape index (κ3) is 4.00. The summed E-state index contributed by atoms with van der Waals surface area (Å²) in [5.41, 5.74) is 4.58. The fourth-order valence-electron chi connectivity index (χ4n) is 2.36. The first-order chi connectivity index (χ1) is 9.70. The molecule has 0 radical (unpaired) electrons. The molecule has 20 heavy (non-hydrogen) atoms. The number of non-ortho nitro benzene ring substituents is 1. The molecule has 0 amide bonds. The van der Waals surface area contributed by atoms with Crippen LogP contribution in [0.5, 0.6) is 0 Å². The van der Waals surface area contributed by atoms with Gasteiger partial charge in [0.15, 0.2) is 0 Å². The minimum absolute atomic E-state index is 0.109. The van der Waals surface area contributed by atoms with Gasteiger partial charge in [0.25, 0.3) is 5.69 Å². The van der Waals surface area contributed by atoms with Crippen LogP contribution in [0.25, 0.3) is 0 Å². The molecular formula is C14H21N3O3. The number of ether oxygens (including phenoxy) is 1. The highest BCUT2D eigenvalue weighted by atomic mass is 16.6. The molecule has 1 atom stereocenters. The van der Waals surface area contributed by atoms with Crippen LogP contribution in [0.3, 0.4) is 0 Å². The lowest BCUT2D eigenvalue weighted by atomic mass is 10.0. The standard InChI is InChI=1S/C14H21N3O3/c1-2-4-14(15-16-7-9-20-10-8-16)12-5-3-6-13(11-12)17(18)19/h3,5-6,11,14-15H,2,4,7-10H2,1H3. The molecule has 0 saturated carbocycles. The molecule has 6 nitrogen and oxygen atoms in total. The Morgan fingerprint density at radius 1 is 1.45 bits per heavy atom. The van der Waals surface area contributed by atoms with E-state index in [0.717, 1.165) is 44.7 Å². The molecule has 1 aliphatic rings. The maximum Gasteiger partial charge on any atom is 0.269 e. The zero-order valence-electron chi connectivity index (χ0n) is 11.7. The molecule has 1 unspecified atom stereocenters. The number of benzene rings is 1. The van der Waals surface area contributed by atoms with Gasteiger partial charge < -0.3 is 4.74 Å². The van der Waals surface area contributed by atoms with E-state index in [1.807, 2.05) is 6.07 Å². The topological polar surface area (TPSA) is 67.6 Å². The summed E-state index contributed by atoms with van der Waals surface area (Å²) in [6.45, 7) is 5.25. The molecule has 0 spiro atoms. The fraction of sp³-hybridized carbons (Fsp3) is 0.571. The number of hydrogen-bond acceptors (Lipinski definition) is 5. The van der Waals surface area contributed by atoms with Crippen molar-refractivity contribution in [3.8, 4) is 0 Å². The lowest BCUT2D eigenvalue weighted by Crippen LogP contribution is -2.47. The summed E-state index contributed by atoms with van der Waals surface area (Å²) < 4.78 is 5.33. The Morgan fingerprint density at radius 2 is 2.20 bits per heavy atom. The van der Waals surface area contributed by atoms with Gasteiger partial charge in [0, 0.05) is 31.3 Å². The van der Waals surface area contributed by atoms with Crippen molar-refractivity contribution in [2.24, 2.45) is 0 Å². The SMILES string of the molecule is CCCC(NN1CCOCC1)c1cccc([N+](=O)[O-])c1. The highest BCUT2D eigenvalue weighted by molar-refractivity contribution is 5.35. The molecule has 1 N–H and O–H groups in total. The van der Waals surface area contributed by atoms with E-state index < -0.39 is 0 Å². The van der Waals surface area contributed by atoms with Gasteiger partial charge in [-0.15, -0.1) is 0 Å². The summed E-state index contributed by atoms with van der Waals surface area (Å²) in [6.07, 6.45) is 1.96. The summed E-state index contributed by atoms with van der Waals surface area (Å²) >= 11 is 0. The van der Waals surface area contributed by atoms with Gasteiger partial charge in [0.1, 0.15) is 0 Å². The Labute approximate surface area is 118 Å². The van der Waals surface area contributed by atoms with Crippen molar-refractivity contribution >= 4 is 5.69 Å². The Hall–Kier alpha value is -1.50. The van der Waals surface area contributed by atoms with E-state index in [1.54, 1.807) is 12.1 Å². The number of hydrogen-bond donors (Lipinski definition) is 1. The molecule has 1 aromatic rings. The number of nitrogens with zero attached hydrogens (tertiary/aromatic N) is 2. The van der Waals surface area contributed by atoms with E-state index in [0.29, 0.717) is 0 Å². The molecule has 6 heteroatoms. The van der Waals surface area contributed by atoms with Crippen molar-refractivity contribution in [1.82, 2.24) is 10.4 Å². The summed E-state index contributed by atoms with van der Waals surface area (Å²) in [6, 6.07) is 6.99. The molecule has 1 aromatic carbocycles. The molecule has 1 fully saturated rings. The first kappa shape index (κ1) is 14.9. The van der Waals surface area contributed by atoms with Gasteiger partial charge in [-0.1, -0.05) is 25.5 Å². The summed E-state index contributed by atoms with van der Waals surface area (Å²) in [4.78, 5) is 10.5. The fourth-order valence-corrected chi connectivity index (χ4v) is 2.36. The van der Waals surface area contributed by atoms with E-state index in [2.05, 4.69) is 17.4 Å². The maximum absolute atomic E-state index is 10.9. The second kappa shape index (κ2) is 7.33. The van der Waals surface area contributed by atoms with E-state index in [-0.39, 0.29) is 16.7 Å². The number of nitrogens with one attached hydrogen (secondary N) is 1. The van der Waals surface area contributed by atoms with Crippen LogP contribution in [-0.4, -0.2) is 36.2 Å². The van der Waals surface area contributed by atoms with Crippen LogP contribution in [0.4, 0.5) is 5.69 Å². The van der Waals surface area contributed by atoms with E-state index in [9.17, 15) is 10.1 Å². The molecule has 0 aliphatic carbocycles. The minimum Gasteiger partial charge on any atom is -0.379 e. The van der Waals surface area contributed by atoms with Gasteiger partial charge in [-0.3, -0.25) is 10.1 Å². The van der Waals surface area contributed by atoms with E-state index in [4.69, 9.17) is 4.74 Å². The largest absolute Gasteiger partial charge is 0.379 e. The summed E-state index contributed by atoms with van der Waals surface area (Å²) in [5, 5.41) is 13.0. The van der Waals surface area contributed by atoms with E-state index in [1.165, 1.54) is 6.07 Å². The van der Waals surface area contributed by atoms with Crippen LogP contribution in [0.2, 0.25) is 0 Å². The Bertz CT molecular complexity index is 447. The van der Waals surface area contributed by atoms with Crippen LogP contribution >= 0.6 is 0 Å². The van der Waals surface area contributed by atoms with Crippen molar-refractivity contribution in [2.75, 3.05) is 26.3 Å². The van der Waals surface area contributed by atoms with Crippen LogP contribution in [-0.2, 0) is 4.74 Å². The first-order valence-electron chi connectivity index (χ1n) is 7.04. The predicted molar refractivity (Wildman–Crippen MR) is 76.3 cm³/mol. The predicted octanol–water partition coefficient (Wildman–Crippen LogP) is 2.27. The third-order valence-corrected chi connectivity index (χ3v) is 3.41. The van der Waals surface area contributed by atoms with Gasteiger partial charge in [0.2, 0.25) is 0 Å². The average molecular weight is 279 g/mol. The molecule has 0 aromatic heterocycles. The zero-order chi connectivity index (χ0) is 14.4. The lowest BCUT2D eigenvalue weighted by Gasteiger charge is -2.31. The highest BCUT2D eigenvalue weighted by Crippen LogP contribution is 2.23. The van der Waals surface area contributed by atoms with Gasteiger partial charge in [0.05, 0.1) is 18.1 Å². The second-order valence-corrected chi connectivity index (χ2v) is 4.92. The molecule has 0 bridgehead atoms. The number of hydrazine groups is 1. The van der Waals surface area contributed by atoms with Crippen molar-refractivity contribution < 1.29 is 9.66 Å². The molecular weight excluding hydrogens is 258 g/mol. The molecule has 1 aliphatic heterocycles. The van der Waals surface area contributed by atoms with E-state index >= 15 is 0 Å². The highest BCUT2D eigenvalue weighted by Gasteiger charge is 2.18. The maximum atomic E-state index is 10.9. The Morgan fingerprint density at radius 3 is 2.85 bits per heavy atom. The monoisotopic (exact) mass is 279 g/mol. The third-order valence-electron chi connectivity index (χ3n) is 3.41. The van der Waals surface area contributed by atoms with Crippen LogP contribution in [0.15, 0.2) is 24.3 Å². The number of rotatable bonds is 6. The number of nitro groups is 1. The van der Waals surface area contributed by atoms with Crippen LogP contribution in [0, 0.1) is 10.1 Å². The minimum atomic E-state index is -0.346. The van der Waals surface area contributed by atoms with Gasteiger partial charge in [-0.25, -0.2) is 10.4 Å². The molecule has 1 heterocycles. The molecule has 1 saturated heterocycles.